The van der Waals surface area contributed by atoms with Gasteiger partial charge in [-0.15, -0.1) is 0 Å². The van der Waals surface area contributed by atoms with Crippen molar-refractivity contribution < 1.29 is 13.2 Å². The molecule has 7 nitrogen and oxygen atoms in total. The van der Waals surface area contributed by atoms with E-state index in [-0.39, 0.29) is 36.6 Å². The number of aromatic amines is 1. The number of hydrogen-bond donors (Lipinski definition) is 1. The van der Waals surface area contributed by atoms with E-state index in [1.54, 1.807) is 18.2 Å². The van der Waals surface area contributed by atoms with Crippen molar-refractivity contribution in [3.8, 4) is 11.3 Å². The number of H-pyrrole nitrogens is 1. The Hall–Kier alpha value is -2.94. The molecule has 1 aliphatic rings. The summed E-state index contributed by atoms with van der Waals surface area (Å²) >= 11 is 5.92. The van der Waals surface area contributed by atoms with Crippen LogP contribution in [-0.4, -0.2) is 54.7 Å². The van der Waals surface area contributed by atoms with E-state index < -0.39 is 21.5 Å². The molecule has 160 valence electrons. The summed E-state index contributed by atoms with van der Waals surface area (Å²) in [5, 5.41) is 0.341. The number of rotatable bonds is 4. The lowest BCUT2D eigenvalue weighted by Crippen LogP contribution is -2.51. The fourth-order valence-corrected chi connectivity index (χ4v) is 5.23. The highest BCUT2D eigenvalue weighted by Gasteiger charge is 2.31. The average molecular weight is 458 g/mol. The number of benzene rings is 2. The van der Waals surface area contributed by atoms with Gasteiger partial charge in [-0.25, -0.2) is 8.42 Å². The lowest BCUT2D eigenvalue weighted by atomic mass is 10.1. The van der Waals surface area contributed by atoms with Crippen molar-refractivity contribution in [1.82, 2.24) is 14.2 Å². The van der Waals surface area contributed by atoms with Gasteiger partial charge in [-0.3, -0.25) is 9.59 Å². The van der Waals surface area contributed by atoms with Gasteiger partial charge in [-0.2, -0.15) is 4.31 Å². The van der Waals surface area contributed by atoms with Crippen molar-refractivity contribution >= 4 is 27.5 Å². The minimum absolute atomic E-state index is 0.0332. The van der Waals surface area contributed by atoms with Crippen LogP contribution in [0.4, 0.5) is 0 Å². The number of piperazine rings is 1. The number of nitrogens with one attached hydrogen (secondary N) is 1. The molecule has 0 unspecified atom stereocenters. The Balaban J connectivity index is 1.47. The van der Waals surface area contributed by atoms with Crippen LogP contribution in [0.1, 0.15) is 10.4 Å². The SMILES string of the molecule is O=C(c1ccc(-c2ccccc2)[nH]c1=O)N1CCN(S(=O)(=O)c2cccc(Cl)c2)CC1. The van der Waals surface area contributed by atoms with Crippen LogP contribution in [0, 0.1) is 0 Å². The van der Waals surface area contributed by atoms with E-state index in [0.29, 0.717) is 10.7 Å². The highest BCUT2D eigenvalue weighted by atomic mass is 35.5. The molecule has 0 saturated carbocycles. The Labute approximate surface area is 184 Å². The van der Waals surface area contributed by atoms with E-state index >= 15 is 0 Å². The van der Waals surface area contributed by atoms with Gasteiger partial charge < -0.3 is 9.88 Å². The Bertz CT molecular complexity index is 1270. The number of hydrogen-bond acceptors (Lipinski definition) is 4. The third-order valence-electron chi connectivity index (χ3n) is 5.18. The van der Waals surface area contributed by atoms with Gasteiger partial charge in [0, 0.05) is 36.9 Å². The smallest absolute Gasteiger partial charge is 0.261 e. The van der Waals surface area contributed by atoms with Crippen LogP contribution in [0.15, 0.2) is 76.4 Å². The minimum atomic E-state index is -3.70. The quantitative estimate of drug-likeness (QED) is 0.652. The summed E-state index contributed by atoms with van der Waals surface area (Å²) in [5.41, 5.74) is 1.03. The standard InChI is InChI=1S/C22H20ClN3O4S/c23-17-7-4-8-18(15-17)31(29,30)26-13-11-25(12-14-26)22(28)19-9-10-20(24-21(19)27)16-5-2-1-3-6-16/h1-10,15H,11-14H2,(H,24,27). The molecule has 1 saturated heterocycles. The molecule has 1 aromatic heterocycles. The Morgan fingerprint density at radius 1 is 0.903 bits per heavy atom. The molecule has 4 rings (SSSR count). The Kier molecular flexibility index (Phi) is 5.95. The van der Waals surface area contributed by atoms with Gasteiger partial charge in [0.1, 0.15) is 5.56 Å². The molecule has 1 aliphatic heterocycles. The molecule has 1 N–H and O–H groups in total. The van der Waals surface area contributed by atoms with E-state index in [2.05, 4.69) is 4.98 Å². The van der Waals surface area contributed by atoms with Gasteiger partial charge in [-0.05, 0) is 35.9 Å². The average Bonchev–Trinajstić information content (AvgIpc) is 2.79. The summed E-state index contributed by atoms with van der Waals surface area (Å²) in [4.78, 5) is 29.7. The maximum absolute atomic E-state index is 12.9. The minimum Gasteiger partial charge on any atom is -0.336 e. The topological polar surface area (TPSA) is 90.6 Å². The van der Waals surface area contributed by atoms with Crippen LogP contribution in [-0.2, 0) is 10.0 Å². The molecular formula is C22H20ClN3O4S. The molecule has 0 radical (unpaired) electrons. The lowest BCUT2D eigenvalue weighted by molar-refractivity contribution is 0.0696. The fourth-order valence-electron chi connectivity index (χ4n) is 3.51. The second-order valence-electron chi connectivity index (χ2n) is 7.13. The molecular weight excluding hydrogens is 438 g/mol. The maximum Gasteiger partial charge on any atom is 0.261 e. The van der Waals surface area contributed by atoms with Crippen molar-refractivity contribution in [3.05, 3.63) is 87.7 Å². The Morgan fingerprint density at radius 2 is 1.61 bits per heavy atom. The largest absolute Gasteiger partial charge is 0.336 e. The number of pyridine rings is 1. The van der Waals surface area contributed by atoms with Crippen LogP contribution >= 0.6 is 11.6 Å². The fraction of sp³-hybridized carbons (Fsp3) is 0.182. The number of carbonyl (C=O) groups excluding carboxylic acids is 1. The van der Waals surface area contributed by atoms with E-state index in [4.69, 9.17) is 11.6 Å². The highest BCUT2D eigenvalue weighted by molar-refractivity contribution is 7.89. The molecule has 0 atom stereocenters. The molecule has 31 heavy (non-hydrogen) atoms. The summed E-state index contributed by atoms with van der Waals surface area (Å²) < 4.78 is 27.0. The molecule has 1 amide bonds. The Morgan fingerprint density at radius 3 is 2.26 bits per heavy atom. The summed E-state index contributed by atoms with van der Waals surface area (Å²) in [7, 11) is -3.70. The van der Waals surface area contributed by atoms with Gasteiger partial charge in [0.05, 0.1) is 4.90 Å². The summed E-state index contributed by atoms with van der Waals surface area (Å²) in [6, 6.07) is 18.6. The molecule has 0 bridgehead atoms. The van der Waals surface area contributed by atoms with E-state index in [0.717, 1.165) is 5.56 Å². The van der Waals surface area contributed by atoms with Crippen LogP contribution in [0.5, 0.6) is 0 Å². The molecule has 3 aromatic rings. The second-order valence-corrected chi connectivity index (χ2v) is 9.51. The zero-order valence-electron chi connectivity index (χ0n) is 16.5. The molecule has 9 heteroatoms. The van der Waals surface area contributed by atoms with Crippen LogP contribution in [0.2, 0.25) is 5.02 Å². The maximum atomic E-state index is 12.9. The monoisotopic (exact) mass is 457 g/mol. The van der Waals surface area contributed by atoms with Crippen LogP contribution in [0.25, 0.3) is 11.3 Å². The molecule has 2 aromatic carbocycles. The zero-order valence-corrected chi connectivity index (χ0v) is 18.1. The van der Waals surface area contributed by atoms with E-state index in [1.165, 1.54) is 27.4 Å². The highest BCUT2D eigenvalue weighted by Crippen LogP contribution is 2.21. The van der Waals surface area contributed by atoms with Crippen molar-refractivity contribution in [2.45, 2.75) is 4.90 Å². The predicted molar refractivity (Wildman–Crippen MR) is 119 cm³/mol. The van der Waals surface area contributed by atoms with Gasteiger partial charge in [0.2, 0.25) is 10.0 Å². The first-order valence-electron chi connectivity index (χ1n) is 9.70. The first kappa shape index (κ1) is 21.3. The van der Waals surface area contributed by atoms with Crippen LogP contribution < -0.4 is 5.56 Å². The van der Waals surface area contributed by atoms with Crippen molar-refractivity contribution in [2.75, 3.05) is 26.2 Å². The first-order valence-corrected chi connectivity index (χ1v) is 11.5. The third-order valence-corrected chi connectivity index (χ3v) is 7.31. The van der Waals surface area contributed by atoms with Gasteiger partial charge in [-0.1, -0.05) is 48.0 Å². The number of halogens is 1. The molecule has 1 fully saturated rings. The lowest BCUT2D eigenvalue weighted by Gasteiger charge is -2.34. The van der Waals surface area contributed by atoms with Crippen molar-refractivity contribution in [3.63, 3.8) is 0 Å². The zero-order chi connectivity index (χ0) is 22.0. The van der Waals surface area contributed by atoms with E-state index in [9.17, 15) is 18.0 Å². The summed E-state index contributed by atoms with van der Waals surface area (Å²) in [6.07, 6.45) is 0. The van der Waals surface area contributed by atoms with Crippen LogP contribution in [0.3, 0.4) is 0 Å². The number of nitrogens with zero attached hydrogens (tertiary/aromatic N) is 2. The van der Waals surface area contributed by atoms with Gasteiger partial charge in [0.25, 0.3) is 11.5 Å². The number of amides is 1. The first-order chi connectivity index (χ1) is 14.9. The normalized spacial score (nSPS) is 15.1. The van der Waals surface area contributed by atoms with Gasteiger partial charge >= 0.3 is 0 Å². The molecule has 0 aliphatic carbocycles. The van der Waals surface area contributed by atoms with Crippen molar-refractivity contribution in [1.29, 1.82) is 0 Å². The number of aromatic nitrogens is 1. The van der Waals surface area contributed by atoms with E-state index in [1.807, 2.05) is 30.3 Å². The third kappa shape index (κ3) is 4.41. The molecule has 0 spiro atoms. The van der Waals surface area contributed by atoms with Crippen molar-refractivity contribution in [2.24, 2.45) is 0 Å². The van der Waals surface area contributed by atoms with Gasteiger partial charge in [0.15, 0.2) is 0 Å². The summed E-state index contributed by atoms with van der Waals surface area (Å²) in [6.45, 7) is 0.665. The molecule has 2 heterocycles. The predicted octanol–water partition coefficient (Wildman–Crippen LogP) is 2.84. The second kappa shape index (κ2) is 8.66. The summed E-state index contributed by atoms with van der Waals surface area (Å²) in [5.74, 6) is -0.416. The number of sulfonamides is 1. The number of carbonyl (C=O) groups is 1.